The van der Waals surface area contributed by atoms with Gasteiger partial charge in [0.2, 0.25) is 0 Å². The molecule has 0 N–H and O–H groups in total. The number of ketones is 1. The van der Waals surface area contributed by atoms with E-state index in [0.717, 1.165) is 17.4 Å². The summed E-state index contributed by atoms with van der Waals surface area (Å²) in [6.07, 6.45) is -2.42. The number of alkyl halides is 3. The molecule has 5 nitrogen and oxygen atoms in total. The van der Waals surface area contributed by atoms with Crippen LogP contribution in [0.4, 0.5) is 18.9 Å². The second-order valence-electron chi connectivity index (χ2n) is 7.91. The number of anilines is 1. The Morgan fingerprint density at radius 3 is 2.31 bits per heavy atom. The fourth-order valence-electron chi connectivity index (χ4n) is 4.11. The zero-order chi connectivity index (χ0) is 22.7. The maximum atomic E-state index is 13.3. The lowest BCUT2D eigenvalue weighted by atomic mass is 10.1. The highest BCUT2D eigenvalue weighted by atomic mass is 19.4. The van der Waals surface area contributed by atoms with Gasteiger partial charge >= 0.3 is 6.18 Å². The SMILES string of the molecule is Cc1c(C(=O)CCN2CCN(c3ccccc3C(F)(F)F)CC2)cnn1-c1ccccc1. The zero-order valence-corrected chi connectivity index (χ0v) is 17.8. The normalized spacial score (nSPS) is 15.2. The van der Waals surface area contributed by atoms with Gasteiger partial charge in [-0.05, 0) is 31.2 Å². The molecule has 0 spiro atoms. The first kappa shape index (κ1) is 22.1. The van der Waals surface area contributed by atoms with Crippen molar-refractivity contribution in [1.82, 2.24) is 14.7 Å². The van der Waals surface area contributed by atoms with E-state index in [1.807, 2.05) is 37.3 Å². The maximum absolute atomic E-state index is 13.3. The van der Waals surface area contributed by atoms with Crippen LogP contribution in [0.2, 0.25) is 0 Å². The summed E-state index contributed by atoms with van der Waals surface area (Å²) in [5.74, 6) is 0.0227. The first-order valence-corrected chi connectivity index (χ1v) is 10.6. The van der Waals surface area contributed by atoms with E-state index in [9.17, 15) is 18.0 Å². The predicted molar refractivity (Wildman–Crippen MR) is 117 cm³/mol. The number of hydrogen-bond donors (Lipinski definition) is 0. The summed E-state index contributed by atoms with van der Waals surface area (Å²) < 4.78 is 41.7. The molecule has 32 heavy (non-hydrogen) atoms. The number of nitrogens with zero attached hydrogens (tertiary/aromatic N) is 4. The molecule has 8 heteroatoms. The summed E-state index contributed by atoms with van der Waals surface area (Å²) in [5, 5.41) is 4.36. The number of hydrogen-bond acceptors (Lipinski definition) is 4. The van der Waals surface area contributed by atoms with Gasteiger partial charge in [0.15, 0.2) is 5.78 Å². The van der Waals surface area contributed by atoms with Crippen molar-refractivity contribution in [3.63, 3.8) is 0 Å². The highest BCUT2D eigenvalue weighted by molar-refractivity contribution is 5.97. The number of halogens is 3. The van der Waals surface area contributed by atoms with Crippen molar-refractivity contribution in [1.29, 1.82) is 0 Å². The standard InChI is InChI=1S/C24H25F3N4O/c1-18-20(17-28-31(18)19-7-3-2-4-8-19)23(32)11-12-29-13-15-30(16-14-29)22-10-6-5-9-21(22)24(25,26)27/h2-10,17H,11-16H2,1H3. The number of carbonyl (C=O) groups excluding carboxylic acids is 1. The van der Waals surface area contributed by atoms with E-state index in [1.54, 1.807) is 21.8 Å². The molecule has 1 fully saturated rings. The smallest absolute Gasteiger partial charge is 0.368 e. The van der Waals surface area contributed by atoms with Gasteiger partial charge in [0.25, 0.3) is 0 Å². The molecule has 2 aromatic carbocycles. The molecule has 0 saturated carbocycles. The van der Waals surface area contributed by atoms with Crippen molar-refractivity contribution in [2.75, 3.05) is 37.6 Å². The number of benzene rings is 2. The Balaban J connectivity index is 1.34. The summed E-state index contributed by atoms with van der Waals surface area (Å²) in [6, 6.07) is 15.3. The van der Waals surface area contributed by atoms with Crippen LogP contribution >= 0.6 is 0 Å². The Morgan fingerprint density at radius 1 is 0.969 bits per heavy atom. The molecule has 2 heterocycles. The van der Waals surface area contributed by atoms with Crippen LogP contribution in [0.1, 0.15) is 28.0 Å². The average Bonchev–Trinajstić information content (AvgIpc) is 3.19. The van der Waals surface area contributed by atoms with Crippen molar-refractivity contribution < 1.29 is 18.0 Å². The van der Waals surface area contributed by atoms with Crippen LogP contribution in [0.15, 0.2) is 60.8 Å². The summed E-state index contributed by atoms with van der Waals surface area (Å²) in [7, 11) is 0. The average molecular weight is 442 g/mol. The Kier molecular flexibility index (Phi) is 6.32. The highest BCUT2D eigenvalue weighted by Crippen LogP contribution is 2.36. The lowest BCUT2D eigenvalue weighted by Gasteiger charge is -2.37. The molecule has 0 amide bonds. The third kappa shape index (κ3) is 4.70. The Hall–Kier alpha value is -3.13. The number of aromatic nitrogens is 2. The third-order valence-corrected chi connectivity index (χ3v) is 5.89. The van der Waals surface area contributed by atoms with Crippen molar-refractivity contribution in [2.24, 2.45) is 0 Å². The summed E-state index contributed by atoms with van der Waals surface area (Å²) >= 11 is 0. The first-order chi connectivity index (χ1) is 15.3. The summed E-state index contributed by atoms with van der Waals surface area (Å²) in [4.78, 5) is 16.7. The van der Waals surface area contributed by atoms with Crippen molar-refractivity contribution >= 4 is 11.5 Å². The molecule has 0 bridgehead atoms. The molecule has 3 aromatic rings. The van der Waals surface area contributed by atoms with Crippen LogP contribution in [-0.2, 0) is 6.18 Å². The van der Waals surface area contributed by atoms with Crippen molar-refractivity contribution in [3.8, 4) is 5.69 Å². The number of carbonyl (C=O) groups is 1. The Bertz CT molecular complexity index is 1070. The van der Waals surface area contributed by atoms with Gasteiger partial charge in [-0.2, -0.15) is 18.3 Å². The van der Waals surface area contributed by atoms with Crippen LogP contribution in [0.3, 0.4) is 0 Å². The molecular formula is C24H25F3N4O. The molecule has 4 rings (SSSR count). The second-order valence-corrected chi connectivity index (χ2v) is 7.91. The van der Waals surface area contributed by atoms with E-state index in [2.05, 4.69) is 10.00 Å². The fourth-order valence-corrected chi connectivity index (χ4v) is 4.11. The van der Waals surface area contributed by atoms with E-state index in [-0.39, 0.29) is 11.5 Å². The lowest BCUT2D eigenvalue weighted by molar-refractivity contribution is -0.137. The Morgan fingerprint density at radius 2 is 1.62 bits per heavy atom. The molecule has 0 radical (unpaired) electrons. The third-order valence-electron chi connectivity index (χ3n) is 5.89. The van der Waals surface area contributed by atoms with E-state index in [4.69, 9.17) is 0 Å². The van der Waals surface area contributed by atoms with Gasteiger partial charge in [-0.1, -0.05) is 30.3 Å². The fraction of sp³-hybridized carbons (Fsp3) is 0.333. The van der Waals surface area contributed by atoms with E-state index < -0.39 is 11.7 Å². The summed E-state index contributed by atoms with van der Waals surface area (Å²) in [5.41, 5.74) is 1.93. The second kappa shape index (κ2) is 9.16. The molecule has 0 aliphatic carbocycles. The zero-order valence-electron chi connectivity index (χ0n) is 17.8. The van der Waals surface area contributed by atoms with Gasteiger partial charge in [-0.25, -0.2) is 4.68 Å². The van der Waals surface area contributed by atoms with Crippen LogP contribution in [0.5, 0.6) is 0 Å². The van der Waals surface area contributed by atoms with E-state index >= 15 is 0 Å². The lowest BCUT2D eigenvalue weighted by Crippen LogP contribution is -2.47. The topological polar surface area (TPSA) is 41.4 Å². The minimum Gasteiger partial charge on any atom is -0.368 e. The van der Waals surface area contributed by atoms with E-state index in [0.29, 0.717) is 44.7 Å². The van der Waals surface area contributed by atoms with Gasteiger partial charge < -0.3 is 4.90 Å². The summed E-state index contributed by atoms with van der Waals surface area (Å²) in [6.45, 7) is 4.66. The quantitative estimate of drug-likeness (QED) is 0.524. The number of Topliss-reactive ketones (excluding diaryl/α,β-unsaturated/α-hetero) is 1. The van der Waals surface area contributed by atoms with Crippen molar-refractivity contribution in [3.05, 3.63) is 77.6 Å². The van der Waals surface area contributed by atoms with Crippen LogP contribution in [0, 0.1) is 6.92 Å². The molecule has 1 aliphatic heterocycles. The number of rotatable bonds is 6. The number of para-hydroxylation sites is 2. The molecule has 0 unspecified atom stereocenters. The van der Waals surface area contributed by atoms with Crippen LogP contribution in [0.25, 0.3) is 5.69 Å². The van der Waals surface area contributed by atoms with Crippen LogP contribution in [-0.4, -0.2) is 53.2 Å². The molecule has 1 aliphatic rings. The van der Waals surface area contributed by atoms with Crippen molar-refractivity contribution in [2.45, 2.75) is 19.5 Å². The molecule has 1 aromatic heterocycles. The highest BCUT2D eigenvalue weighted by Gasteiger charge is 2.35. The first-order valence-electron chi connectivity index (χ1n) is 10.6. The van der Waals surface area contributed by atoms with Gasteiger partial charge in [-0.15, -0.1) is 0 Å². The molecular weight excluding hydrogens is 417 g/mol. The Labute approximate surface area is 185 Å². The maximum Gasteiger partial charge on any atom is 0.418 e. The van der Waals surface area contributed by atoms with E-state index in [1.165, 1.54) is 12.1 Å². The monoisotopic (exact) mass is 442 g/mol. The van der Waals surface area contributed by atoms with Crippen LogP contribution < -0.4 is 4.90 Å². The van der Waals surface area contributed by atoms with Gasteiger partial charge in [0.05, 0.1) is 28.7 Å². The molecule has 0 atom stereocenters. The molecule has 168 valence electrons. The molecule has 1 saturated heterocycles. The predicted octanol–water partition coefficient (Wildman–Crippen LogP) is 4.59. The van der Waals surface area contributed by atoms with Gasteiger partial charge in [-0.3, -0.25) is 9.69 Å². The minimum absolute atomic E-state index is 0.0227. The number of piperazine rings is 1. The largest absolute Gasteiger partial charge is 0.418 e. The van der Waals surface area contributed by atoms with Gasteiger partial charge in [0, 0.05) is 44.8 Å². The van der Waals surface area contributed by atoms with Gasteiger partial charge in [0.1, 0.15) is 0 Å². The minimum atomic E-state index is -4.37.